The summed E-state index contributed by atoms with van der Waals surface area (Å²) in [4.78, 5) is 15.8. The lowest BCUT2D eigenvalue weighted by Gasteiger charge is -2.10. The third kappa shape index (κ3) is 3.60. The third-order valence-corrected chi connectivity index (χ3v) is 4.47. The number of nitrogens with zero attached hydrogens (tertiary/aromatic N) is 1. The van der Waals surface area contributed by atoms with E-state index in [9.17, 15) is 18.3 Å². The summed E-state index contributed by atoms with van der Waals surface area (Å²) in [6.45, 7) is 0.0333. The highest BCUT2D eigenvalue weighted by molar-refractivity contribution is 7.89. The molecule has 0 radical (unpaired) electrons. The van der Waals surface area contributed by atoms with Gasteiger partial charge in [-0.15, -0.1) is 0 Å². The first-order chi connectivity index (χ1) is 10.4. The molecule has 116 valence electrons. The molecule has 2 rings (SSSR count). The molecule has 0 aliphatic carbocycles. The number of carbonyl (C=O) groups is 1. The molecule has 0 atom stereocenters. The zero-order valence-corrected chi connectivity index (χ0v) is 12.6. The number of amides is 1. The van der Waals surface area contributed by atoms with Crippen molar-refractivity contribution in [3.8, 4) is 5.75 Å². The van der Waals surface area contributed by atoms with Gasteiger partial charge in [0.2, 0.25) is 10.0 Å². The van der Waals surface area contributed by atoms with Crippen molar-refractivity contribution in [1.82, 2.24) is 15.0 Å². The van der Waals surface area contributed by atoms with Gasteiger partial charge in [0.1, 0.15) is 5.75 Å². The van der Waals surface area contributed by atoms with Gasteiger partial charge in [0.15, 0.2) is 0 Å². The summed E-state index contributed by atoms with van der Waals surface area (Å²) < 4.78 is 26.1. The fraction of sp³-hybridized carbons (Fsp3) is 0.143. The molecule has 1 heterocycles. The second-order valence-corrected chi connectivity index (χ2v) is 6.28. The predicted octanol–water partition coefficient (Wildman–Crippen LogP) is 0.625. The summed E-state index contributed by atoms with van der Waals surface area (Å²) in [6, 6.07) is 7.65. The van der Waals surface area contributed by atoms with Crippen molar-refractivity contribution in [2.45, 2.75) is 11.4 Å². The van der Waals surface area contributed by atoms with Crippen LogP contribution in [0.3, 0.4) is 0 Å². The molecule has 7 nitrogen and oxygen atoms in total. The van der Waals surface area contributed by atoms with Gasteiger partial charge >= 0.3 is 0 Å². The Labute approximate surface area is 128 Å². The van der Waals surface area contributed by atoms with E-state index in [4.69, 9.17) is 0 Å². The van der Waals surface area contributed by atoms with E-state index in [0.29, 0.717) is 5.56 Å². The normalized spacial score (nSPS) is 11.1. The van der Waals surface area contributed by atoms with Crippen LogP contribution in [0.4, 0.5) is 0 Å². The van der Waals surface area contributed by atoms with Crippen molar-refractivity contribution in [1.29, 1.82) is 0 Å². The van der Waals surface area contributed by atoms with E-state index in [1.54, 1.807) is 18.2 Å². The predicted molar refractivity (Wildman–Crippen MR) is 79.8 cm³/mol. The number of carbonyl (C=O) groups excluding carboxylic acids is 1. The number of rotatable bonds is 5. The largest absolute Gasteiger partial charge is 0.506 e. The Balaban J connectivity index is 2.17. The van der Waals surface area contributed by atoms with Gasteiger partial charge in [-0.25, -0.2) is 13.1 Å². The van der Waals surface area contributed by atoms with Crippen LogP contribution in [0.15, 0.2) is 47.6 Å². The average molecular weight is 321 g/mol. The molecule has 0 saturated heterocycles. The molecular weight excluding hydrogens is 306 g/mol. The minimum atomic E-state index is -3.60. The number of nitrogens with one attached hydrogen (secondary N) is 2. The average Bonchev–Trinajstić information content (AvgIpc) is 2.52. The highest BCUT2D eigenvalue weighted by Crippen LogP contribution is 2.15. The second-order valence-electron chi connectivity index (χ2n) is 4.43. The maximum Gasteiger partial charge on any atom is 0.253 e. The van der Waals surface area contributed by atoms with E-state index in [1.807, 2.05) is 0 Å². The standard InChI is InChI=1S/C14H15N3O4S/c1-15-22(20,21)13-5-3-2-4-10(13)8-17-14(19)11-6-12(18)9-16-7-11/h2-7,9,15,18H,8H2,1H3,(H,17,19). The molecule has 0 aliphatic heterocycles. The van der Waals surface area contributed by atoms with Crippen molar-refractivity contribution in [3.05, 3.63) is 53.9 Å². The van der Waals surface area contributed by atoms with Gasteiger partial charge in [-0.3, -0.25) is 9.78 Å². The van der Waals surface area contributed by atoms with Crippen molar-refractivity contribution in [3.63, 3.8) is 0 Å². The van der Waals surface area contributed by atoms with E-state index >= 15 is 0 Å². The highest BCUT2D eigenvalue weighted by Gasteiger charge is 2.16. The van der Waals surface area contributed by atoms with Gasteiger partial charge in [0, 0.05) is 12.7 Å². The Kier molecular flexibility index (Phi) is 4.74. The van der Waals surface area contributed by atoms with Crippen LogP contribution in [0.1, 0.15) is 15.9 Å². The minimum absolute atomic E-state index is 0.0333. The van der Waals surface area contributed by atoms with Gasteiger partial charge < -0.3 is 10.4 Å². The molecule has 1 aromatic heterocycles. The van der Waals surface area contributed by atoms with Crippen molar-refractivity contribution in [2.24, 2.45) is 0 Å². The van der Waals surface area contributed by atoms with E-state index in [1.165, 1.54) is 31.6 Å². The first-order valence-electron chi connectivity index (χ1n) is 6.37. The number of sulfonamides is 1. The van der Waals surface area contributed by atoms with Crippen LogP contribution in [-0.2, 0) is 16.6 Å². The van der Waals surface area contributed by atoms with Crippen molar-refractivity contribution >= 4 is 15.9 Å². The smallest absolute Gasteiger partial charge is 0.253 e. The van der Waals surface area contributed by atoms with Crippen LogP contribution >= 0.6 is 0 Å². The number of hydrogen-bond donors (Lipinski definition) is 3. The zero-order valence-electron chi connectivity index (χ0n) is 11.8. The summed E-state index contributed by atoms with van der Waals surface area (Å²) in [5, 5.41) is 11.9. The molecule has 8 heteroatoms. The van der Waals surface area contributed by atoms with Gasteiger partial charge in [0.25, 0.3) is 5.91 Å². The number of aromatic hydroxyl groups is 1. The maximum absolute atomic E-state index is 12.0. The first-order valence-corrected chi connectivity index (χ1v) is 7.86. The Hall–Kier alpha value is -2.45. The molecule has 0 unspecified atom stereocenters. The molecule has 2 aromatic rings. The monoisotopic (exact) mass is 321 g/mol. The number of pyridine rings is 1. The van der Waals surface area contributed by atoms with Crippen LogP contribution in [0, 0.1) is 0 Å². The highest BCUT2D eigenvalue weighted by atomic mass is 32.2. The third-order valence-electron chi connectivity index (χ3n) is 2.96. The van der Waals surface area contributed by atoms with Crippen LogP contribution in [0.5, 0.6) is 5.75 Å². The minimum Gasteiger partial charge on any atom is -0.506 e. The molecule has 1 aromatic carbocycles. The lowest BCUT2D eigenvalue weighted by atomic mass is 10.2. The summed E-state index contributed by atoms with van der Waals surface area (Å²) >= 11 is 0. The molecule has 1 amide bonds. The van der Waals surface area contributed by atoms with Crippen LogP contribution in [0.25, 0.3) is 0 Å². The molecule has 0 spiro atoms. The van der Waals surface area contributed by atoms with Crippen LogP contribution < -0.4 is 10.0 Å². The Bertz CT molecular complexity index is 790. The quantitative estimate of drug-likeness (QED) is 0.748. The molecule has 22 heavy (non-hydrogen) atoms. The van der Waals surface area contributed by atoms with Gasteiger partial charge in [-0.05, 0) is 24.7 Å². The van der Waals surface area contributed by atoms with Gasteiger partial charge in [-0.1, -0.05) is 18.2 Å². The lowest BCUT2D eigenvalue weighted by molar-refractivity contribution is 0.0949. The zero-order chi connectivity index (χ0) is 16.2. The van der Waals surface area contributed by atoms with Crippen molar-refractivity contribution in [2.75, 3.05) is 7.05 Å². The molecule has 0 fully saturated rings. The lowest BCUT2D eigenvalue weighted by Crippen LogP contribution is -2.26. The van der Waals surface area contributed by atoms with E-state index < -0.39 is 15.9 Å². The van der Waals surface area contributed by atoms with Gasteiger partial charge in [-0.2, -0.15) is 0 Å². The van der Waals surface area contributed by atoms with Crippen LogP contribution in [-0.4, -0.2) is 31.5 Å². The van der Waals surface area contributed by atoms with Crippen molar-refractivity contribution < 1.29 is 18.3 Å². The first kappa shape index (κ1) is 15.9. The fourth-order valence-corrected chi connectivity index (χ4v) is 2.81. The Morgan fingerprint density at radius 1 is 1.27 bits per heavy atom. The summed E-state index contributed by atoms with van der Waals surface area (Å²) in [6.07, 6.45) is 2.52. The number of aromatic nitrogens is 1. The molecule has 0 saturated carbocycles. The summed E-state index contributed by atoms with van der Waals surface area (Å²) in [7, 11) is -2.28. The Morgan fingerprint density at radius 3 is 2.68 bits per heavy atom. The molecule has 3 N–H and O–H groups in total. The molecule has 0 bridgehead atoms. The van der Waals surface area contributed by atoms with E-state index in [-0.39, 0.29) is 22.8 Å². The summed E-state index contributed by atoms with van der Waals surface area (Å²) in [5.74, 6) is -0.578. The van der Waals surface area contributed by atoms with E-state index in [0.717, 1.165) is 0 Å². The molecular formula is C14H15N3O4S. The number of hydrogen-bond acceptors (Lipinski definition) is 5. The van der Waals surface area contributed by atoms with E-state index in [2.05, 4.69) is 15.0 Å². The second kappa shape index (κ2) is 6.54. The van der Waals surface area contributed by atoms with Gasteiger partial charge in [0.05, 0.1) is 16.7 Å². The Morgan fingerprint density at radius 2 is 2.00 bits per heavy atom. The topological polar surface area (TPSA) is 108 Å². The fourth-order valence-electron chi connectivity index (χ4n) is 1.85. The number of benzene rings is 1. The summed E-state index contributed by atoms with van der Waals surface area (Å²) in [5.41, 5.74) is 0.646. The SMILES string of the molecule is CNS(=O)(=O)c1ccccc1CNC(=O)c1cncc(O)c1. The van der Waals surface area contributed by atoms with Crippen LogP contribution in [0.2, 0.25) is 0 Å². The molecule has 0 aliphatic rings. The maximum atomic E-state index is 12.0.